The topological polar surface area (TPSA) is 52.6 Å². The molecule has 0 heterocycles. The molecule has 0 aliphatic rings. The van der Waals surface area contributed by atoms with E-state index < -0.39 is 10.4 Å². The summed E-state index contributed by atoms with van der Waals surface area (Å²) in [4.78, 5) is 0. The molecule has 0 aliphatic heterocycles. The zero-order chi connectivity index (χ0) is 12.7. The molecule has 0 atom stereocenters. The van der Waals surface area contributed by atoms with Gasteiger partial charge in [0.05, 0.1) is 11.9 Å². The summed E-state index contributed by atoms with van der Waals surface area (Å²) in [5, 5.41) is 0. The molecule has 96 valence electrons. The molecule has 0 spiro atoms. The Morgan fingerprint density at radius 3 is 2.35 bits per heavy atom. The van der Waals surface area contributed by atoms with Gasteiger partial charge >= 0.3 is 10.4 Å². The Bertz CT molecular complexity index is 427. The standard InChI is InChI=1S/C11H15ClO4S/c1-2-3-4-5-10-6-8-11(9-7-10)15-17(13,14)16-12/h6-9H,2-5H2,1H3. The molecule has 0 fully saturated rings. The first-order valence-corrected chi connectivity index (χ1v) is 7.05. The van der Waals surface area contributed by atoms with E-state index in [9.17, 15) is 8.42 Å². The summed E-state index contributed by atoms with van der Waals surface area (Å²) in [5.74, 6) is 0.185. The maximum Gasteiger partial charge on any atom is 0.465 e. The highest BCUT2D eigenvalue weighted by molar-refractivity contribution is 7.82. The Kier molecular flexibility index (Phi) is 5.74. The third-order valence-electron chi connectivity index (χ3n) is 2.27. The molecule has 1 aromatic carbocycles. The lowest BCUT2D eigenvalue weighted by atomic mass is 10.1. The van der Waals surface area contributed by atoms with Crippen LogP contribution in [0.15, 0.2) is 24.3 Å². The third kappa shape index (κ3) is 5.39. The highest BCUT2D eigenvalue weighted by Crippen LogP contribution is 2.16. The molecule has 0 saturated carbocycles. The molecule has 0 radical (unpaired) electrons. The first kappa shape index (κ1) is 14.3. The van der Waals surface area contributed by atoms with Crippen LogP contribution in [-0.2, 0) is 20.6 Å². The second-order valence-corrected chi connectivity index (χ2v) is 5.14. The summed E-state index contributed by atoms with van der Waals surface area (Å²) in [7, 11) is -4.14. The normalized spacial score (nSPS) is 11.4. The third-order valence-corrected chi connectivity index (χ3v) is 3.28. The van der Waals surface area contributed by atoms with Gasteiger partial charge in [-0.25, -0.2) is 0 Å². The van der Waals surface area contributed by atoms with Gasteiger partial charge < -0.3 is 4.18 Å². The molecule has 0 aliphatic carbocycles. The van der Waals surface area contributed by atoms with Gasteiger partial charge in [-0.3, -0.25) is 0 Å². The van der Waals surface area contributed by atoms with Crippen LogP contribution in [0.2, 0.25) is 0 Å². The molecule has 0 amide bonds. The summed E-state index contributed by atoms with van der Waals surface area (Å²) in [5.41, 5.74) is 1.15. The number of aryl methyl sites for hydroxylation is 1. The van der Waals surface area contributed by atoms with Crippen LogP contribution in [0.5, 0.6) is 5.75 Å². The first-order chi connectivity index (χ1) is 8.07. The van der Waals surface area contributed by atoms with Crippen molar-refractivity contribution in [3.05, 3.63) is 29.8 Å². The van der Waals surface area contributed by atoms with Crippen LogP contribution in [0.1, 0.15) is 31.7 Å². The monoisotopic (exact) mass is 278 g/mol. The molecule has 1 aromatic rings. The van der Waals surface area contributed by atoms with Crippen LogP contribution in [0, 0.1) is 0 Å². The van der Waals surface area contributed by atoms with Gasteiger partial charge in [-0.15, -0.1) is 3.74 Å². The van der Waals surface area contributed by atoms with Crippen LogP contribution < -0.4 is 4.18 Å². The lowest BCUT2D eigenvalue weighted by Gasteiger charge is -2.04. The van der Waals surface area contributed by atoms with Gasteiger partial charge in [0.15, 0.2) is 0 Å². The summed E-state index contributed by atoms with van der Waals surface area (Å²) in [6.07, 6.45) is 4.46. The Morgan fingerprint density at radius 1 is 1.18 bits per heavy atom. The van der Waals surface area contributed by atoms with Crippen molar-refractivity contribution in [3.63, 3.8) is 0 Å². The number of benzene rings is 1. The fraction of sp³-hybridized carbons (Fsp3) is 0.455. The van der Waals surface area contributed by atoms with Gasteiger partial charge in [-0.2, -0.15) is 8.42 Å². The Hall–Kier alpha value is -0.780. The number of unbranched alkanes of at least 4 members (excludes halogenated alkanes) is 2. The van der Waals surface area contributed by atoms with Crippen molar-refractivity contribution in [2.75, 3.05) is 0 Å². The van der Waals surface area contributed by atoms with E-state index in [1.165, 1.54) is 12.8 Å². The molecular formula is C11H15ClO4S. The van der Waals surface area contributed by atoms with Gasteiger partial charge in [-0.1, -0.05) is 31.9 Å². The molecular weight excluding hydrogens is 264 g/mol. The van der Waals surface area contributed by atoms with Crippen LogP contribution in [0.3, 0.4) is 0 Å². The number of hydrogen-bond acceptors (Lipinski definition) is 4. The fourth-order valence-electron chi connectivity index (χ4n) is 1.42. The molecule has 1 rings (SSSR count). The van der Waals surface area contributed by atoms with Crippen molar-refractivity contribution in [1.29, 1.82) is 0 Å². The van der Waals surface area contributed by atoms with Crippen LogP contribution in [0.4, 0.5) is 0 Å². The number of hydrogen-bond donors (Lipinski definition) is 0. The van der Waals surface area contributed by atoms with Gasteiger partial charge in [0.2, 0.25) is 0 Å². The van der Waals surface area contributed by atoms with E-state index in [1.54, 1.807) is 12.1 Å². The van der Waals surface area contributed by atoms with E-state index in [0.29, 0.717) is 0 Å². The Balaban J connectivity index is 2.56. The first-order valence-electron chi connectivity index (χ1n) is 5.41. The maximum absolute atomic E-state index is 10.9. The fourth-order valence-corrected chi connectivity index (χ4v) is 1.87. The Labute approximate surface area is 107 Å². The van der Waals surface area contributed by atoms with Crippen molar-refractivity contribution >= 4 is 22.3 Å². The predicted octanol–water partition coefficient (Wildman–Crippen LogP) is 3.21. The van der Waals surface area contributed by atoms with E-state index in [2.05, 4.69) is 14.8 Å². The number of halogens is 1. The zero-order valence-electron chi connectivity index (χ0n) is 9.56. The number of rotatable bonds is 7. The van der Waals surface area contributed by atoms with Crippen molar-refractivity contribution in [3.8, 4) is 5.75 Å². The minimum Gasteiger partial charge on any atom is -0.361 e. The van der Waals surface area contributed by atoms with Crippen LogP contribution in [0.25, 0.3) is 0 Å². The summed E-state index contributed by atoms with van der Waals surface area (Å²) in [6, 6.07) is 6.81. The minimum atomic E-state index is -4.14. The van der Waals surface area contributed by atoms with Crippen LogP contribution >= 0.6 is 11.9 Å². The quantitative estimate of drug-likeness (QED) is 0.719. The van der Waals surface area contributed by atoms with Crippen molar-refractivity contribution in [2.24, 2.45) is 0 Å². The average molecular weight is 279 g/mol. The van der Waals surface area contributed by atoms with Crippen LogP contribution in [-0.4, -0.2) is 8.42 Å². The van der Waals surface area contributed by atoms with E-state index in [0.717, 1.165) is 18.4 Å². The van der Waals surface area contributed by atoms with Crippen molar-refractivity contribution < 1.29 is 16.3 Å². The van der Waals surface area contributed by atoms with E-state index in [4.69, 9.17) is 11.9 Å². The van der Waals surface area contributed by atoms with E-state index >= 15 is 0 Å². The SMILES string of the molecule is CCCCCc1ccc(OS(=O)(=O)OCl)cc1. The lowest BCUT2D eigenvalue weighted by molar-refractivity contribution is 0.406. The Morgan fingerprint density at radius 2 is 1.82 bits per heavy atom. The molecule has 0 unspecified atom stereocenters. The minimum absolute atomic E-state index is 0.185. The second-order valence-electron chi connectivity index (χ2n) is 3.66. The highest BCUT2D eigenvalue weighted by atomic mass is 35.5. The molecule has 0 aromatic heterocycles. The van der Waals surface area contributed by atoms with E-state index in [1.807, 2.05) is 12.1 Å². The van der Waals surface area contributed by atoms with Crippen molar-refractivity contribution in [1.82, 2.24) is 0 Å². The van der Waals surface area contributed by atoms with Gasteiger partial charge in [-0.05, 0) is 30.5 Å². The van der Waals surface area contributed by atoms with Gasteiger partial charge in [0.25, 0.3) is 0 Å². The zero-order valence-corrected chi connectivity index (χ0v) is 11.1. The summed E-state index contributed by atoms with van der Waals surface area (Å²) in [6.45, 7) is 2.15. The smallest absolute Gasteiger partial charge is 0.361 e. The average Bonchev–Trinajstić information content (AvgIpc) is 2.31. The molecule has 0 saturated heterocycles. The molecule has 0 N–H and O–H groups in total. The second kappa shape index (κ2) is 6.83. The van der Waals surface area contributed by atoms with Gasteiger partial charge in [0.1, 0.15) is 5.75 Å². The summed E-state index contributed by atoms with van der Waals surface area (Å²) < 4.78 is 30.0. The molecule has 4 nitrogen and oxygen atoms in total. The molecule has 17 heavy (non-hydrogen) atoms. The van der Waals surface area contributed by atoms with E-state index in [-0.39, 0.29) is 5.75 Å². The lowest BCUT2D eigenvalue weighted by Crippen LogP contribution is -2.08. The predicted molar refractivity (Wildman–Crippen MR) is 66.2 cm³/mol. The van der Waals surface area contributed by atoms with Crippen molar-refractivity contribution in [2.45, 2.75) is 32.6 Å². The highest BCUT2D eigenvalue weighted by Gasteiger charge is 2.12. The summed E-state index contributed by atoms with van der Waals surface area (Å²) >= 11 is 4.75. The maximum atomic E-state index is 10.9. The molecule has 6 heteroatoms. The molecule has 0 bridgehead atoms. The largest absolute Gasteiger partial charge is 0.465 e. The van der Waals surface area contributed by atoms with Gasteiger partial charge in [0, 0.05) is 0 Å².